The molecule has 0 N–H and O–H groups in total. The van der Waals surface area contributed by atoms with E-state index in [0.717, 1.165) is 25.7 Å². The molecule has 4 nitrogen and oxygen atoms in total. The average Bonchev–Trinajstić information content (AvgIpc) is 2.78. The van der Waals surface area contributed by atoms with Gasteiger partial charge in [0.25, 0.3) is 11.8 Å². The second-order valence-corrected chi connectivity index (χ2v) is 8.69. The van der Waals surface area contributed by atoms with Crippen LogP contribution >= 0.6 is 0 Å². The number of imide groups is 1. The molecule has 0 atom stereocenters. The first-order valence-electron chi connectivity index (χ1n) is 9.01. The van der Waals surface area contributed by atoms with Crippen LogP contribution in [0.4, 0.5) is 0 Å². The number of carbonyl (C=O) groups is 2. The topological polar surface area (TPSA) is 50.3 Å². The zero-order chi connectivity index (χ0) is 17.7. The summed E-state index contributed by atoms with van der Waals surface area (Å²) in [5.74, 6) is 0.279. The van der Waals surface area contributed by atoms with Gasteiger partial charge in [-0.1, -0.05) is 34.6 Å². The van der Waals surface area contributed by atoms with Crippen LogP contribution in [0, 0.1) is 16.7 Å². The first-order chi connectivity index (χ1) is 11.2. The van der Waals surface area contributed by atoms with Gasteiger partial charge in [-0.15, -0.1) is 0 Å². The van der Waals surface area contributed by atoms with E-state index in [-0.39, 0.29) is 28.7 Å². The standard InChI is InChI=1S/C20H28N2O2/c1-13(2)20(19(3,4)5)9-6-14(7-10-20)22-17(23)15-8-11-21-12-16(15)18(22)24/h8,11-14H,6-7,9-10H2,1-5H3. The molecule has 1 aromatic heterocycles. The number of hydrogen-bond acceptors (Lipinski definition) is 3. The zero-order valence-electron chi connectivity index (χ0n) is 15.4. The van der Waals surface area contributed by atoms with Crippen molar-refractivity contribution in [3.05, 3.63) is 29.6 Å². The van der Waals surface area contributed by atoms with Crippen LogP contribution in [-0.4, -0.2) is 27.7 Å². The van der Waals surface area contributed by atoms with Gasteiger partial charge >= 0.3 is 0 Å². The molecule has 0 aromatic carbocycles. The van der Waals surface area contributed by atoms with Crippen LogP contribution in [0.5, 0.6) is 0 Å². The second-order valence-electron chi connectivity index (χ2n) is 8.69. The van der Waals surface area contributed by atoms with E-state index in [1.165, 1.54) is 11.1 Å². The summed E-state index contributed by atoms with van der Waals surface area (Å²) < 4.78 is 0. The third-order valence-corrected chi connectivity index (χ3v) is 6.53. The van der Waals surface area contributed by atoms with E-state index in [2.05, 4.69) is 39.6 Å². The number of rotatable bonds is 2. The van der Waals surface area contributed by atoms with E-state index in [1.807, 2.05) is 0 Å². The van der Waals surface area contributed by atoms with Gasteiger partial charge in [0.15, 0.2) is 0 Å². The highest BCUT2D eigenvalue weighted by Gasteiger charge is 2.49. The van der Waals surface area contributed by atoms with Crippen LogP contribution < -0.4 is 0 Å². The molecule has 2 aliphatic rings. The minimum Gasteiger partial charge on any atom is -0.271 e. The van der Waals surface area contributed by atoms with Crippen LogP contribution in [0.1, 0.15) is 81.0 Å². The fraction of sp³-hybridized carbons (Fsp3) is 0.650. The average molecular weight is 328 g/mol. The SMILES string of the molecule is CC(C)C1(C(C)(C)C)CCC(N2C(=O)c3ccncc3C2=O)CC1. The molecule has 2 heterocycles. The highest BCUT2D eigenvalue weighted by Crippen LogP contribution is 2.55. The van der Waals surface area contributed by atoms with Crippen molar-refractivity contribution < 1.29 is 9.59 Å². The molecule has 24 heavy (non-hydrogen) atoms. The molecule has 1 saturated carbocycles. The Hall–Kier alpha value is -1.71. The maximum atomic E-state index is 12.7. The summed E-state index contributed by atoms with van der Waals surface area (Å²) in [7, 11) is 0. The monoisotopic (exact) mass is 328 g/mol. The normalized spacial score (nSPS) is 27.8. The van der Waals surface area contributed by atoms with Crippen LogP contribution in [0.2, 0.25) is 0 Å². The molecule has 3 rings (SSSR count). The number of pyridine rings is 1. The third-order valence-electron chi connectivity index (χ3n) is 6.53. The third kappa shape index (κ3) is 2.38. The Labute approximate surface area is 144 Å². The Balaban J connectivity index is 1.81. The Morgan fingerprint density at radius 3 is 2.21 bits per heavy atom. The summed E-state index contributed by atoms with van der Waals surface area (Å²) in [6.07, 6.45) is 7.02. The molecule has 2 amide bonds. The quantitative estimate of drug-likeness (QED) is 0.760. The molecular formula is C20H28N2O2. The Morgan fingerprint density at radius 1 is 1.12 bits per heavy atom. The molecule has 0 radical (unpaired) electrons. The van der Waals surface area contributed by atoms with E-state index in [1.54, 1.807) is 12.3 Å². The highest BCUT2D eigenvalue weighted by molar-refractivity contribution is 6.21. The van der Waals surface area contributed by atoms with Crippen molar-refractivity contribution in [2.45, 2.75) is 66.3 Å². The van der Waals surface area contributed by atoms with Crippen molar-refractivity contribution in [1.29, 1.82) is 0 Å². The van der Waals surface area contributed by atoms with Crippen LogP contribution in [0.3, 0.4) is 0 Å². The lowest BCUT2D eigenvalue weighted by molar-refractivity contribution is -0.0267. The van der Waals surface area contributed by atoms with E-state index in [9.17, 15) is 9.59 Å². The number of nitrogens with zero attached hydrogens (tertiary/aromatic N) is 2. The van der Waals surface area contributed by atoms with Gasteiger partial charge in [-0.05, 0) is 48.5 Å². The summed E-state index contributed by atoms with van der Waals surface area (Å²) in [6, 6.07) is 1.68. The van der Waals surface area contributed by atoms with Crippen molar-refractivity contribution in [1.82, 2.24) is 9.88 Å². The Morgan fingerprint density at radius 2 is 1.71 bits per heavy atom. The summed E-state index contributed by atoms with van der Waals surface area (Å²) >= 11 is 0. The predicted octanol–water partition coefficient (Wildman–Crippen LogP) is 4.31. The minimum absolute atomic E-state index is 0.0200. The molecule has 0 spiro atoms. The van der Waals surface area contributed by atoms with E-state index >= 15 is 0 Å². The molecule has 0 bridgehead atoms. The van der Waals surface area contributed by atoms with Crippen LogP contribution in [0.15, 0.2) is 18.5 Å². The number of carbonyl (C=O) groups excluding carboxylic acids is 2. The minimum atomic E-state index is -0.166. The van der Waals surface area contributed by atoms with Crippen molar-refractivity contribution in [2.75, 3.05) is 0 Å². The largest absolute Gasteiger partial charge is 0.271 e. The van der Waals surface area contributed by atoms with Crippen molar-refractivity contribution >= 4 is 11.8 Å². The molecule has 1 aliphatic heterocycles. The zero-order valence-corrected chi connectivity index (χ0v) is 15.4. The smallest absolute Gasteiger partial charge is 0.263 e. The predicted molar refractivity (Wildman–Crippen MR) is 93.7 cm³/mol. The fourth-order valence-electron chi connectivity index (χ4n) is 5.00. The molecule has 1 fully saturated rings. The van der Waals surface area contributed by atoms with Crippen LogP contribution in [0.25, 0.3) is 0 Å². The van der Waals surface area contributed by atoms with Gasteiger partial charge in [-0.3, -0.25) is 19.5 Å². The Kier molecular flexibility index (Phi) is 4.05. The molecular weight excluding hydrogens is 300 g/mol. The van der Waals surface area contributed by atoms with Gasteiger partial charge in [0.05, 0.1) is 11.1 Å². The summed E-state index contributed by atoms with van der Waals surface area (Å²) in [6.45, 7) is 11.6. The van der Waals surface area contributed by atoms with E-state index in [0.29, 0.717) is 17.0 Å². The first kappa shape index (κ1) is 17.1. The molecule has 1 aromatic rings. The van der Waals surface area contributed by atoms with Gasteiger partial charge in [0, 0.05) is 18.4 Å². The van der Waals surface area contributed by atoms with Gasteiger partial charge < -0.3 is 0 Å². The lowest BCUT2D eigenvalue weighted by atomic mass is 9.54. The maximum Gasteiger partial charge on any atom is 0.263 e. The second kappa shape index (κ2) is 5.68. The molecule has 0 saturated heterocycles. The number of aromatic nitrogens is 1. The van der Waals surface area contributed by atoms with E-state index < -0.39 is 0 Å². The fourth-order valence-corrected chi connectivity index (χ4v) is 5.00. The van der Waals surface area contributed by atoms with Gasteiger partial charge in [-0.2, -0.15) is 0 Å². The van der Waals surface area contributed by atoms with Crippen molar-refractivity contribution in [2.24, 2.45) is 16.7 Å². The number of fused-ring (bicyclic) bond motifs is 1. The number of hydrogen-bond donors (Lipinski definition) is 0. The van der Waals surface area contributed by atoms with E-state index in [4.69, 9.17) is 0 Å². The lowest BCUT2D eigenvalue weighted by Crippen LogP contribution is -2.49. The maximum absolute atomic E-state index is 12.7. The van der Waals surface area contributed by atoms with Crippen molar-refractivity contribution in [3.63, 3.8) is 0 Å². The van der Waals surface area contributed by atoms with Gasteiger partial charge in [-0.25, -0.2) is 0 Å². The van der Waals surface area contributed by atoms with Gasteiger partial charge in [0.2, 0.25) is 0 Å². The van der Waals surface area contributed by atoms with Crippen LogP contribution in [-0.2, 0) is 0 Å². The summed E-state index contributed by atoms with van der Waals surface area (Å²) in [5.41, 5.74) is 1.45. The molecule has 130 valence electrons. The number of amides is 2. The summed E-state index contributed by atoms with van der Waals surface area (Å²) in [5, 5.41) is 0. The molecule has 1 aliphatic carbocycles. The highest BCUT2D eigenvalue weighted by atomic mass is 16.2. The molecule has 4 heteroatoms. The van der Waals surface area contributed by atoms with Crippen molar-refractivity contribution in [3.8, 4) is 0 Å². The Bertz CT molecular complexity index is 629. The molecule has 0 unspecified atom stereocenters. The summed E-state index contributed by atoms with van der Waals surface area (Å²) in [4.78, 5) is 30.8. The first-order valence-corrected chi connectivity index (χ1v) is 9.01. The lowest BCUT2D eigenvalue weighted by Gasteiger charge is -2.53. The van der Waals surface area contributed by atoms with Gasteiger partial charge in [0.1, 0.15) is 0 Å².